The first-order valence-corrected chi connectivity index (χ1v) is 12.4. The highest BCUT2D eigenvalue weighted by Gasteiger charge is 2.41. The first kappa shape index (κ1) is 27.0. The second kappa shape index (κ2) is 11.6. The van der Waals surface area contributed by atoms with Crippen molar-refractivity contribution in [3.63, 3.8) is 0 Å². The molecule has 0 saturated carbocycles. The Bertz CT molecular complexity index is 1270. The number of likely N-dealkylation sites (tertiary alicyclic amines) is 1. The molecule has 0 aliphatic carbocycles. The minimum absolute atomic E-state index is 0.147. The summed E-state index contributed by atoms with van der Waals surface area (Å²) in [6, 6.07) is 8.35. The maximum absolute atomic E-state index is 13.7. The minimum Gasteiger partial charge on any atom is -0.497 e. The van der Waals surface area contributed by atoms with E-state index in [1.165, 1.54) is 6.20 Å². The molecule has 4 rings (SSSR count). The van der Waals surface area contributed by atoms with Crippen molar-refractivity contribution in [2.24, 2.45) is 5.41 Å². The van der Waals surface area contributed by atoms with Gasteiger partial charge in [-0.3, -0.25) is 14.7 Å². The molecule has 0 amide bonds. The molecule has 0 bridgehead atoms. The fraction of sp³-hybridized carbons (Fsp3) is 0.407. The monoisotopic (exact) mass is 534 g/mol. The summed E-state index contributed by atoms with van der Waals surface area (Å²) < 4.78 is 37.7. The second-order valence-corrected chi connectivity index (χ2v) is 9.71. The largest absolute Gasteiger partial charge is 0.497 e. The van der Waals surface area contributed by atoms with Gasteiger partial charge in [-0.25, -0.2) is 8.78 Å². The molecular weight excluding hydrogens is 506 g/mol. The van der Waals surface area contributed by atoms with Crippen LogP contribution in [0.1, 0.15) is 37.4 Å². The van der Waals surface area contributed by atoms with Crippen molar-refractivity contribution in [2.45, 2.75) is 31.8 Å². The molecule has 0 unspecified atom stereocenters. The Morgan fingerprint density at radius 1 is 1.22 bits per heavy atom. The fourth-order valence-electron chi connectivity index (χ4n) is 4.84. The highest BCUT2D eigenvalue weighted by atomic mass is 35.5. The number of pyridine rings is 1. The van der Waals surface area contributed by atoms with Crippen LogP contribution < -0.4 is 9.47 Å². The number of hydrogen-bond acceptors (Lipinski definition) is 6. The molecule has 2 heterocycles. The van der Waals surface area contributed by atoms with Gasteiger partial charge < -0.3 is 19.7 Å². The van der Waals surface area contributed by atoms with Gasteiger partial charge in [-0.1, -0.05) is 11.6 Å². The summed E-state index contributed by atoms with van der Waals surface area (Å²) in [5.74, 6) is -1.66. The Balaban J connectivity index is 1.37. The smallest absolute Gasteiger partial charge is 0.309 e. The minimum atomic E-state index is -0.986. The molecule has 37 heavy (non-hydrogen) atoms. The van der Waals surface area contributed by atoms with Gasteiger partial charge in [-0.15, -0.1) is 0 Å². The van der Waals surface area contributed by atoms with Crippen LogP contribution in [0.15, 0.2) is 42.6 Å². The third-order valence-corrected chi connectivity index (χ3v) is 7.42. The van der Waals surface area contributed by atoms with E-state index in [9.17, 15) is 23.8 Å². The van der Waals surface area contributed by atoms with Crippen molar-refractivity contribution >= 4 is 28.5 Å². The van der Waals surface area contributed by atoms with Crippen molar-refractivity contribution in [3.05, 3.63) is 64.8 Å². The van der Waals surface area contributed by atoms with Gasteiger partial charge in [0.15, 0.2) is 11.6 Å². The summed E-state index contributed by atoms with van der Waals surface area (Å²) in [6.45, 7) is 1.62. The summed E-state index contributed by atoms with van der Waals surface area (Å²) in [4.78, 5) is 18.6. The number of aliphatic hydroxyl groups excluding tert-OH is 1. The lowest BCUT2D eigenvalue weighted by Gasteiger charge is -2.39. The number of ether oxygens (including phenoxy) is 2. The molecule has 10 heteroatoms. The van der Waals surface area contributed by atoms with Crippen molar-refractivity contribution in [2.75, 3.05) is 33.4 Å². The predicted molar refractivity (Wildman–Crippen MR) is 135 cm³/mol. The van der Waals surface area contributed by atoms with Crippen LogP contribution in [0.4, 0.5) is 8.78 Å². The van der Waals surface area contributed by atoms with Crippen LogP contribution in [-0.4, -0.2) is 59.4 Å². The van der Waals surface area contributed by atoms with Gasteiger partial charge in [0, 0.05) is 29.8 Å². The van der Waals surface area contributed by atoms with Gasteiger partial charge >= 0.3 is 5.97 Å². The van der Waals surface area contributed by atoms with Crippen LogP contribution in [0.25, 0.3) is 10.9 Å². The number of rotatable bonds is 10. The SMILES string of the molecule is COc1ccc2ncc(Cl)c([C@@H](O)CCC3(C(=O)O)CCN(CCOc4cc(F)ccc4F)CC3)c2c1. The van der Waals surface area contributed by atoms with Gasteiger partial charge in [-0.05, 0) is 69.1 Å². The van der Waals surface area contributed by atoms with Gasteiger partial charge in [-0.2, -0.15) is 0 Å². The van der Waals surface area contributed by atoms with Gasteiger partial charge in [0.2, 0.25) is 0 Å². The third kappa shape index (κ3) is 6.11. The van der Waals surface area contributed by atoms with Gasteiger partial charge in [0.05, 0.1) is 29.2 Å². The van der Waals surface area contributed by atoms with E-state index in [0.717, 1.165) is 18.2 Å². The third-order valence-electron chi connectivity index (χ3n) is 7.12. The average molecular weight is 535 g/mol. The van der Waals surface area contributed by atoms with E-state index in [-0.39, 0.29) is 25.2 Å². The van der Waals surface area contributed by atoms with Crippen LogP contribution in [0, 0.1) is 17.0 Å². The van der Waals surface area contributed by atoms with Crippen LogP contribution in [0.5, 0.6) is 11.5 Å². The first-order chi connectivity index (χ1) is 17.7. The first-order valence-electron chi connectivity index (χ1n) is 12.1. The number of piperidine rings is 1. The molecule has 1 aliphatic rings. The van der Waals surface area contributed by atoms with E-state index >= 15 is 0 Å². The molecule has 2 aromatic carbocycles. The van der Waals surface area contributed by atoms with E-state index < -0.39 is 29.1 Å². The lowest BCUT2D eigenvalue weighted by molar-refractivity contribution is -0.153. The van der Waals surface area contributed by atoms with Gasteiger partial charge in [0.1, 0.15) is 18.2 Å². The quantitative estimate of drug-likeness (QED) is 0.368. The zero-order valence-corrected chi connectivity index (χ0v) is 21.2. The zero-order valence-electron chi connectivity index (χ0n) is 20.4. The molecule has 1 atom stereocenters. The maximum atomic E-state index is 13.7. The lowest BCUT2D eigenvalue weighted by Crippen LogP contribution is -2.45. The maximum Gasteiger partial charge on any atom is 0.309 e. The summed E-state index contributed by atoms with van der Waals surface area (Å²) >= 11 is 6.40. The highest BCUT2D eigenvalue weighted by Crippen LogP contribution is 2.41. The van der Waals surface area contributed by atoms with Crippen LogP contribution >= 0.6 is 11.6 Å². The molecule has 0 radical (unpaired) electrons. The number of methoxy groups -OCH3 is 1. The van der Waals surface area contributed by atoms with Crippen LogP contribution in [0.3, 0.4) is 0 Å². The van der Waals surface area contributed by atoms with Gasteiger partial charge in [0.25, 0.3) is 0 Å². The molecular formula is C27H29ClF2N2O5. The molecule has 3 aromatic rings. The number of nitrogens with zero attached hydrogens (tertiary/aromatic N) is 2. The Morgan fingerprint density at radius 3 is 2.68 bits per heavy atom. The molecule has 1 saturated heterocycles. The topological polar surface area (TPSA) is 92.1 Å². The number of carboxylic acids is 1. The Labute approximate surface area is 218 Å². The number of fused-ring (bicyclic) bond motifs is 1. The molecule has 1 aromatic heterocycles. The molecule has 198 valence electrons. The van der Waals surface area contributed by atoms with Crippen LogP contribution in [0.2, 0.25) is 5.02 Å². The number of halogens is 3. The summed E-state index contributed by atoms with van der Waals surface area (Å²) in [7, 11) is 1.55. The number of aromatic nitrogens is 1. The standard InChI is InChI=1S/C27H29ClF2N2O5/c1-36-18-3-5-22-19(15-18)25(20(28)16-31-22)23(33)6-7-27(26(34)35)8-10-32(11-9-27)12-13-37-24-14-17(29)2-4-21(24)30/h2-5,14-16,23,33H,6-13H2,1H3,(H,34,35)/t23-/m0/s1. The van der Waals surface area contributed by atoms with Crippen LogP contribution in [-0.2, 0) is 4.79 Å². The number of aliphatic carboxylic acids is 1. The van der Waals surface area contributed by atoms with E-state index in [2.05, 4.69) is 4.98 Å². The number of carbonyl (C=O) groups is 1. The molecule has 1 aliphatic heterocycles. The van der Waals surface area contributed by atoms with Crippen molar-refractivity contribution in [1.82, 2.24) is 9.88 Å². The Morgan fingerprint density at radius 2 is 1.97 bits per heavy atom. The Kier molecular flexibility index (Phi) is 8.46. The number of hydrogen-bond donors (Lipinski definition) is 2. The Hall–Kier alpha value is -3.01. The van der Waals surface area contributed by atoms with E-state index in [1.807, 2.05) is 4.90 Å². The lowest BCUT2D eigenvalue weighted by atomic mass is 9.74. The van der Waals surface area contributed by atoms with Crippen molar-refractivity contribution < 1.29 is 33.3 Å². The van der Waals surface area contributed by atoms with E-state index in [4.69, 9.17) is 21.1 Å². The molecule has 2 N–H and O–H groups in total. The van der Waals surface area contributed by atoms with E-state index in [0.29, 0.717) is 59.7 Å². The van der Waals surface area contributed by atoms with Crippen molar-refractivity contribution in [1.29, 1.82) is 0 Å². The normalized spacial score (nSPS) is 16.5. The summed E-state index contributed by atoms with van der Waals surface area (Å²) in [5.41, 5.74) is 0.172. The number of benzene rings is 2. The second-order valence-electron chi connectivity index (χ2n) is 9.31. The number of aliphatic hydroxyl groups is 1. The average Bonchev–Trinajstić information content (AvgIpc) is 2.89. The highest BCUT2D eigenvalue weighted by molar-refractivity contribution is 6.32. The molecule has 7 nitrogen and oxygen atoms in total. The fourth-order valence-corrected chi connectivity index (χ4v) is 5.12. The zero-order chi connectivity index (χ0) is 26.6. The van der Waals surface area contributed by atoms with Crippen molar-refractivity contribution in [3.8, 4) is 11.5 Å². The summed E-state index contributed by atoms with van der Waals surface area (Å²) in [5, 5.41) is 22.1. The summed E-state index contributed by atoms with van der Waals surface area (Å²) in [6.07, 6.45) is 1.77. The molecule has 0 spiro atoms. The molecule has 1 fully saturated rings. The predicted octanol–water partition coefficient (Wildman–Crippen LogP) is 5.23. The van der Waals surface area contributed by atoms with E-state index in [1.54, 1.807) is 25.3 Å². The number of carboxylic acid groups (broad SMARTS) is 1.